The van der Waals surface area contributed by atoms with Gasteiger partial charge in [-0.05, 0) is 30.2 Å². The Hall–Kier alpha value is -2.69. The van der Waals surface area contributed by atoms with Gasteiger partial charge in [0.1, 0.15) is 5.75 Å². The fraction of sp³-hybridized carbons (Fsp3) is 0.133. The quantitative estimate of drug-likeness (QED) is 0.483. The van der Waals surface area contributed by atoms with Crippen LogP contribution >= 0.6 is 0 Å². The van der Waals surface area contributed by atoms with Crippen molar-refractivity contribution in [3.8, 4) is 5.75 Å². The predicted octanol–water partition coefficient (Wildman–Crippen LogP) is 3.66. The number of nitrogens with zero attached hydrogens (tertiary/aromatic N) is 2. The zero-order chi connectivity index (χ0) is 14.5. The maximum Gasteiger partial charge on any atom is 0.271 e. The van der Waals surface area contributed by atoms with Gasteiger partial charge in [0.05, 0.1) is 17.7 Å². The Morgan fingerprint density at radius 2 is 2.05 bits per heavy atom. The Morgan fingerprint density at radius 1 is 1.25 bits per heavy atom. The Bertz CT molecular complexity index is 666. The molecule has 2 aromatic carbocycles. The van der Waals surface area contributed by atoms with Crippen molar-refractivity contribution in [1.82, 2.24) is 0 Å². The number of aryl methyl sites for hydroxylation is 1. The molecular weight excluding hydrogens is 256 g/mol. The number of benzene rings is 2. The SMILES string of the molecule is COc1cccc(C=Nc2cc([N+](=O)[O-])ccc2C)c1. The molecule has 0 aliphatic carbocycles. The summed E-state index contributed by atoms with van der Waals surface area (Å²) in [5.41, 5.74) is 2.38. The minimum Gasteiger partial charge on any atom is -0.497 e. The van der Waals surface area contributed by atoms with Crippen molar-refractivity contribution in [2.75, 3.05) is 7.11 Å². The van der Waals surface area contributed by atoms with Crippen molar-refractivity contribution in [1.29, 1.82) is 0 Å². The standard InChI is InChI=1S/C15H14N2O3/c1-11-6-7-13(17(18)19)9-15(11)16-10-12-4-3-5-14(8-12)20-2/h3-10H,1-2H3. The molecule has 5 heteroatoms. The van der Waals surface area contributed by atoms with Gasteiger partial charge in [0.2, 0.25) is 0 Å². The van der Waals surface area contributed by atoms with E-state index < -0.39 is 4.92 Å². The lowest BCUT2D eigenvalue weighted by molar-refractivity contribution is -0.384. The normalized spacial score (nSPS) is 10.7. The van der Waals surface area contributed by atoms with Crippen LogP contribution in [0.1, 0.15) is 11.1 Å². The summed E-state index contributed by atoms with van der Waals surface area (Å²) in [4.78, 5) is 14.6. The first-order valence-corrected chi connectivity index (χ1v) is 6.03. The van der Waals surface area contributed by atoms with E-state index in [0.717, 1.165) is 16.9 Å². The van der Waals surface area contributed by atoms with Gasteiger partial charge in [0.25, 0.3) is 5.69 Å². The summed E-state index contributed by atoms with van der Waals surface area (Å²) in [5, 5.41) is 10.8. The molecule has 0 radical (unpaired) electrons. The molecule has 0 aliphatic rings. The van der Waals surface area contributed by atoms with Crippen molar-refractivity contribution in [3.05, 3.63) is 63.7 Å². The fourth-order valence-electron chi connectivity index (χ4n) is 1.72. The molecule has 0 unspecified atom stereocenters. The number of ether oxygens (including phenoxy) is 1. The molecule has 0 amide bonds. The second-order valence-electron chi connectivity index (χ2n) is 4.26. The molecule has 0 saturated carbocycles. The average molecular weight is 270 g/mol. The van der Waals surface area contributed by atoms with Crippen LogP contribution in [0.25, 0.3) is 0 Å². The monoisotopic (exact) mass is 270 g/mol. The summed E-state index contributed by atoms with van der Waals surface area (Å²) in [6, 6.07) is 12.1. The van der Waals surface area contributed by atoms with Crippen LogP contribution in [-0.4, -0.2) is 18.2 Å². The van der Waals surface area contributed by atoms with E-state index in [4.69, 9.17) is 4.74 Å². The number of hydrogen-bond acceptors (Lipinski definition) is 4. The van der Waals surface area contributed by atoms with Crippen molar-refractivity contribution in [2.24, 2.45) is 4.99 Å². The summed E-state index contributed by atoms with van der Waals surface area (Å²) < 4.78 is 5.13. The number of aliphatic imine (C=N–C) groups is 1. The van der Waals surface area contributed by atoms with E-state index in [0.29, 0.717) is 5.69 Å². The maximum atomic E-state index is 10.8. The molecule has 2 aromatic rings. The van der Waals surface area contributed by atoms with Gasteiger partial charge in [0, 0.05) is 18.3 Å². The van der Waals surface area contributed by atoms with Gasteiger partial charge in [-0.1, -0.05) is 18.2 Å². The van der Waals surface area contributed by atoms with Gasteiger partial charge in [-0.2, -0.15) is 0 Å². The highest BCUT2D eigenvalue weighted by Gasteiger charge is 2.07. The molecular formula is C15H14N2O3. The molecule has 0 heterocycles. The lowest BCUT2D eigenvalue weighted by atomic mass is 10.2. The lowest BCUT2D eigenvalue weighted by Gasteiger charge is -2.01. The molecule has 102 valence electrons. The van der Waals surface area contributed by atoms with E-state index in [-0.39, 0.29) is 5.69 Å². The van der Waals surface area contributed by atoms with Crippen molar-refractivity contribution >= 4 is 17.6 Å². The predicted molar refractivity (Wildman–Crippen MR) is 78.1 cm³/mol. The molecule has 0 spiro atoms. The highest BCUT2D eigenvalue weighted by Crippen LogP contribution is 2.24. The zero-order valence-corrected chi connectivity index (χ0v) is 11.2. The Balaban J connectivity index is 2.30. The summed E-state index contributed by atoms with van der Waals surface area (Å²) in [7, 11) is 1.60. The molecule has 0 fully saturated rings. The number of methoxy groups -OCH3 is 1. The van der Waals surface area contributed by atoms with Crippen LogP contribution in [0.4, 0.5) is 11.4 Å². The van der Waals surface area contributed by atoms with E-state index in [1.807, 2.05) is 31.2 Å². The Morgan fingerprint density at radius 3 is 2.75 bits per heavy atom. The fourth-order valence-corrected chi connectivity index (χ4v) is 1.72. The summed E-state index contributed by atoms with van der Waals surface area (Å²) in [6.07, 6.45) is 1.66. The van der Waals surface area contributed by atoms with Gasteiger partial charge in [-0.3, -0.25) is 15.1 Å². The van der Waals surface area contributed by atoms with Gasteiger partial charge < -0.3 is 4.74 Å². The summed E-state index contributed by atoms with van der Waals surface area (Å²) >= 11 is 0. The van der Waals surface area contributed by atoms with Crippen LogP contribution in [-0.2, 0) is 0 Å². The van der Waals surface area contributed by atoms with Crippen LogP contribution in [0.3, 0.4) is 0 Å². The third kappa shape index (κ3) is 3.20. The number of rotatable bonds is 4. The molecule has 0 aliphatic heterocycles. The lowest BCUT2D eigenvalue weighted by Crippen LogP contribution is -1.88. The second kappa shape index (κ2) is 5.97. The number of nitro benzene ring substituents is 1. The topological polar surface area (TPSA) is 64.7 Å². The molecule has 0 bridgehead atoms. The van der Waals surface area contributed by atoms with E-state index in [1.165, 1.54) is 12.1 Å². The summed E-state index contributed by atoms with van der Waals surface area (Å²) in [5.74, 6) is 0.740. The van der Waals surface area contributed by atoms with E-state index in [9.17, 15) is 10.1 Å². The van der Waals surface area contributed by atoms with Crippen LogP contribution in [0.5, 0.6) is 5.75 Å². The van der Waals surface area contributed by atoms with E-state index in [1.54, 1.807) is 19.4 Å². The largest absolute Gasteiger partial charge is 0.497 e. The van der Waals surface area contributed by atoms with E-state index >= 15 is 0 Å². The molecule has 0 atom stereocenters. The number of nitro groups is 1. The first-order chi connectivity index (χ1) is 9.60. The Labute approximate surface area is 116 Å². The smallest absolute Gasteiger partial charge is 0.271 e. The van der Waals surface area contributed by atoms with Crippen LogP contribution in [0.2, 0.25) is 0 Å². The van der Waals surface area contributed by atoms with E-state index in [2.05, 4.69) is 4.99 Å². The van der Waals surface area contributed by atoms with Crippen molar-refractivity contribution in [3.63, 3.8) is 0 Å². The minimum atomic E-state index is -0.427. The number of hydrogen-bond donors (Lipinski definition) is 0. The molecule has 0 saturated heterocycles. The van der Waals surface area contributed by atoms with Gasteiger partial charge in [-0.15, -0.1) is 0 Å². The highest BCUT2D eigenvalue weighted by molar-refractivity contribution is 5.83. The zero-order valence-electron chi connectivity index (χ0n) is 11.2. The third-order valence-electron chi connectivity index (χ3n) is 2.85. The molecule has 2 rings (SSSR count). The minimum absolute atomic E-state index is 0.0355. The molecule has 5 nitrogen and oxygen atoms in total. The molecule has 0 aromatic heterocycles. The molecule has 20 heavy (non-hydrogen) atoms. The van der Waals surface area contributed by atoms with Crippen molar-refractivity contribution in [2.45, 2.75) is 6.92 Å². The molecule has 0 N–H and O–H groups in total. The second-order valence-corrected chi connectivity index (χ2v) is 4.26. The van der Waals surface area contributed by atoms with Crippen LogP contribution < -0.4 is 4.74 Å². The highest BCUT2D eigenvalue weighted by atomic mass is 16.6. The van der Waals surface area contributed by atoms with Gasteiger partial charge in [0.15, 0.2) is 0 Å². The van der Waals surface area contributed by atoms with Crippen LogP contribution in [0.15, 0.2) is 47.5 Å². The van der Waals surface area contributed by atoms with Crippen molar-refractivity contribution < 1.29 is 9.66 Å². The summed E-state index contributed by atoms with van der Waals surface area (Å²) in [6.45, 7) is 1.86. The maximum absolute atomic E-state index is 10.8. The van der Waals surface area contributed by atoms with Crippen LogP contribution in [0, 0.1) is 17.0 Å². The first-order valence-electron chi connectivity index (χ1n) is 6.03. The first kappa shape index (κ1) is 13.7. The average Bonchev–Trinajstić information content (AvgIpc) is 2.46. The third-order valence-corrected chi connectivity index (χ3v) is 2.85. The van der Waals surface area contributed by atoms with Gasteiger partial charge >= 0.3 is 0 Å². The Kier molecular flexibility index (Phi) is 4.10. The number of non-ortho nitro benzene ring substituents is 1. The van der Waals surface area contributed by atoms with Gasteiger partial charge in [-0.25, -0.2) is 0 Å².